The molecule has 0 saturated carbocycles. The molecule has 1 heterocycles. The number of rotatable bonds is 4. The van der Waals surface area contributed by atoms with Gasteiger partial charge in [-0.2, -0.15) is 0 Å². The first kappa shape index (κ1) is 16.2. The molecule has 2 aromatic carbocycles. The van der Waals surface area contributed by atoms with Gasteiger partial charge in [0.2, 0.25) is 0 Å². The second-order valence-electron chi connectivity index (χ2n) is 4.89. The number of aromatic nitrogens is 1. The molecule has 0 fully saturated rings. The molecule has 0 radical (unpaired) electrons. The number of nitrogens with zero attached hydrogens (tertiary/aromatic N) is 1. The first-order chi connectivity index (χ1) is 10.2. The Labute approximate surface area is 134 Å². The van der Waals surface area contributed by atoms with E-state index in [9.17, 15) is 4.39 Å². The van der Waals surface area contributed by atoms with E-state index in [4.69, 9.17) is 10.3 Å². The standard InChI is InChI=1S/C17H15FN2O.ClH/c1-2-5-15(19)12-6-3-4-7-13(12)17-14-9-8-11(18)10-16(14)21-20-17;/h2-4,6-10,15H,1,5,19H2;1H. The van der Waals surface area contributed by atoms with Crippen LogP contribution in [-0.4, -0.2) is 5.16 Å². The van der Waals surface area contributed by atoms with Crippen LogP contribution < -0.4 is 5.73 Å². The maximum atomic E-state index is 13.2. The van der Waals surface area contributed by atoms with Crippen molar-refractivity contribution >= 4 is 23.4 Å². The molecule has 0 aliphatic carbocycles. The summed E-state index contributed by atoms with van der Waals surface area (Å²) in [5.41, 5.74) is 9.17. The van der Waals surface area contributed by atoms with Crippen LogP contribution in [0, 0.1) is 5.82 Å². The Hall–Kier alpha value is -2.17. The number of halogens is 2. The lowest BCUT2D eigenvalue weighted by atomic mass is 9.95. The van der Waals surface area contributed by atoms with Crippen LogP contribution in [0.5, 0.6) is 0 Å². The monoisotopic (exact) mass is 318 g/mol. The van der Waals surface area contributed by atoms with E-state index in [0.717, 1.165) is 16.5 Å². The van der Waals surface area contributed by atoms with Crippen molar-refractivity contribution in [3.63, 3.8) is 0 Å². The van der Waals surface area contributed by atoms with Gasteiger partial charge < -0.3 is 10.3 Å². The normalized spacial score (nSPS) is 11.9. The fraction of sp³-hybridized carbons (Fsp3) is 0.118. The van der Waals surface area contributed by atoms with E-state index in [1.165, 1.54) is 12.1 Å². The van der Waals surface area contributed by atoms with E-state index in [2.05, 4.69) is 11.7 Å². The molecule has 5 heteroatoms. The van der Waals surface area contributed by atoms with Crippen LogP contribution in [0.2, 0.25) is 0 Å². The van der Waals surface area contributed by atoms with Gasteiger partial charge in [0.1, 0.15) is 11.5 Å². The van der Waals surface area contributed by atoms with Crippen LogP contribution in [0.25, 0.3) is 22.2 Å². The molecule has 1 aromatic heterocycles. The SMILES string of the molecule is C=CCC(N)c1ccccc1-c1noc2cc(F)ccc12.Cl. The summed E-state index contributed by atoms with van der Waals surface area (Å²) in [6, 6.07) is 12.0. The molecule has 0 amide bonds. The minimum absolute atomic E-state index is 0. The van der Waals surface area contributed by atoms with Crippen molar-refractivity contribution in [1.29, 1.82) is 0 Å². The Morgan fingerprint density at radius 2 is 2.05 bits per heavy atom. The first-order valence-corrected chi connectivity index (χ1v) is 6.71. The topological polar surface area (TPSA) is 52.0 Å². The van der Waals surface area contributed by atoms with Crippen molar-refractivity contribution in [2.75, 3.05) is 0 Å². The summed E-state index contributed by atoms with van der Waals surface area (Å²) in [7, 11) is 0. The third-order valence-electron chi connectivity index (χ3n) is 3.47. The molecule has 0 spiro atoms. The van der Waals surface area contributed by atoms with Crippen molar-refractivity contribution in [3.05, 3.63) is 66.5 Å². The second kappa shape index (κ2) is 6.73. The van der Waals surface area contributed by atoms with Crippen molar-refractivity contribution < 1.29 is 8.91 Å². The fourth-order valence-corrected chi connectivity index (χ4v) is 2.45. The van der Waals surface area contributed by atoms with Gasteiger partial charge in [0.25, 0.3) is 0 Å². The molecule has 0 aliphatic rings. The van der Waals surface area contributed by atoms with Gasteiger partial charge in [-0.3, -0.25) is 0 Å². The molecule has 0 bridgehead atoms. The van der Waals surface area contributed by atoms with Gasteiger partial charge in [0.05, 0.1) is 0 Å². The number of fused-ring (bicyclic) bond motifs is 1. The zero-order valence-corrected chi connectivity index (χ0v) is 12.6. The minimum Gasteiger partial charge on any atom is -0.356 e. The average Bonchev–Trinajstić information content (AvgIpc) is 2.90. The Kier molecular flexibility index (Phi) is 4.96. The first-order valence-electron chi connectivity index (χ1n) is 6.71. The zero-order valence-electron chi connectivity index (χ0n) is 11.8. The maximum absolute atomic E-state index is 13.2. The summed E-state index contributed by atoms with van der Waals surface area (Å²) in [4.78, 5) is 0. The van der Waals surface area contributed by atoms with Crippen LogP contribution in [-0.2, 0) is 0 Å². The minimum atomic E-state index is -0.346. The van der Waals surface area contributed by atoms with Gasteiger partial charge in [-0.25, -0.2) is 4.39 Å². The summed E-state index contributed by atoms with van der Waals surface area (Å²) in [5.74, 6) is -0.346. The lowest BCUT2D eigenvalue weighted by Crippen LogP contribution is -2.10. The maximum Gasteiger partial charge on any atom is 0.170 e. The Morgan fingerprint density at radius 1 is 1.27 bits per heavy atom. The van der Waals surface area contributed by atoms with Crippen LogP contribution in [0.1, 0.15) is 18.0 Å². The number of nitrogens with two attached hydrogens (primary N) is 1. The summed E-state index contributed by atoms with van der Waals surface area (Å²) in [5, 5.41) is 4.86. The highest BCUT2D eigenvalue weighted by atomic mass is 35.5. The van der Waals surface area contributed by atoms with Crippen molar-refractivity contribution in [3.8, 4) is 11.3 Å². The van der Waals surface area contributed by atoms with E-state index >= 15 is 0 Å². The van der Waals surface area contributed by atoms with E-state index in [1.54, 1.807) is 12.1 Å². The van der Waals surface area contributed by atoms with E-state index in [1.807, 2.05) is 24.3 Å². The van der Waals surface area contributed by atoms with Crippen molar-refractivity contribution in [1.82, 2.24) is 5.16 Å². The quantitative estimate of drug-likeness (QED) is 0.713. The summed E-state index contributed by atoms with van der Waals surface area (Å²) >= 11 is 0. The van der Waals surface area contributed by atoms with Crippen LogP contribution >= 0.6 is 12.4 Å². The second-order valence-corrected chi connectivity index (χ2v) is 4.89. The van der Waals surface area contributed by atoms with Gasteiger partial charge in [-0.05, 0) is 24.1 Å². The molecule has 114 valence electrons. The average molecular weight is 319 g/mol. The Balaban J connectivity index is 0.00000176. The summed E-state index contributed by atoms with van der Waals surface area (Å²) in [6.45, 7) is 3.72. The predicted molar refractivity (Wildman–Crippen MR) is 88.4 cm³/mol. The highest BCUT2D eigenvalue weighted by molar-refractivity contribution is 5.92. The van der Waals surface area contributed by atoms with Crippen LogP contribution in [0.4, 0.5) is 4.39 Å². The lowest BCUT2D eigenvalue weighted by Gasteiger charge is -2.13. The molecule has 3 aromatic rings. The molecule has 1 atom stereocenters. The molecule has 0 saturated heterocycles. The number of benzene rings is 2. The van der Waals surface area contributed by atoms with Crippen molar-refractivity contribution in [2.45, 2.75) is 12.5 Å². The summed E-state index contributed by atoms with van der Waals surface area (Å²) in [6.07, 6.45) is 2.46. The fourth-order valence-electron chi connectivity index (χ4n) is 2.45. The Bertz CT molecular complexity index is 800. The molecule has 3 rings (SSSR count). The van der Waals surface area contributed by atoms with Crippen LogP contribution in [0.15, 0.2) is 59.6 Å². The highest BCUT2D eigenvalue weighted by Crippen LogP contribution is 2.33. The van der Waals surface area contributed by atoms with E-state index in [-0.39, 0.29) is 24.3 Å². The van der Waals surface area contributed by atoms with Crippen molar-refractivity contribution in [2.24, 2.45) is 5.73 Å². The van der Waals surface area contributed by atoms with Gasteiger partial charge >= 0.3 is 0 Å². The van der Waals surface area contributed by atoms with Crippen LogP contribution in [0.3, 0.4) is 0 Å². The highest BCUT2D eigenvalue weighted by Gasteiger charge is 2.17. The molecule has 22 heavy (non-hydrogen) atoms. The molecular weight excluding hydrogens is 303 g/mol. The largest absolute Gasteiger partial charge is 0.356 e. The predicted octanol–water partition coefficient (Wildman–Crippen LogP) is 4.63. The number of hydrogen-bond acceptors (Lipinski definition) is 3. The molecule has 3 nitrogen and oxygen atoms in total. The summed E-state index contributed by atoms with van der Waals surface area (Å²) < 4.78 is 18.5. The Morgan fingerprint density at radius 3 is 2.82 bits per heavy atom. The van der Waals surface area contributed by atoms with Gasteiger partial charge in [0.15, 0.2) is 5.58 Å². The molecular formula is C17H16ClFN2O. The van der Waals surface area contributed by atoms with Gasteiger partial charge in [-0.1, -0.05) is 35.5 Å². The third-order valence-corrected chi connectivity index (χ3v) is 3.47. The van der Waals surface area contributed by atoms with Gasteiger partial charge in [0, 0.05) is 23.1 Å². The number of hydrogen-bond donors (Lipinski definition) is 1. The molecule has 0 aliphatic heterocycles. The van der Waals surface area contributed by atoms with E-state index < -0.39 is 0 Å². The zero-order chi connectivity index (χ0) is 14.8. The van der Waals surface area contributed by atoms with Gasteiger partial charge in [-0.15, -0.1) is 19.0 Å². The smallest absolute Gasteiger partial charge is 0.170 e. The molecule has 1 unspecified atom stereocenters. The van der Waals surface area contributed by atoms with E-state index in [0.29, 0.717) is 17.7 Å². The third kappa shape index (κ3) is 2.89. The lowest BCUT2D eigenvalue weighted by molar-refractivity contribution is 0.457. The molecule has 2 N–H and O–H groups in total.